The minimum Gasteiger partial charge on any atom is -0.339 e. The number of nitrogens with zero attached hydrogens (tertiary/aromatic N) is 2. The SMILES string of the molecule is Cl.NC1(C(=O)N2CCCN(C(=O)c3ccccc3)CC2)CCCCC1. The standard InChI is InChI=1S/C19H27N3O2.ClH/c20-19(10-5-2-6-11-19)18(24)22-13-7-12-21(14-15-22)17(23)16-8-3-1-4-9-16;/h1,3-4,8-9H,2,5-7,10-15,20H2;1H. The van der Waals surface area contributed by atoms with Crippen LogP contribution in [0, 0.1) is 0 Å². The zero-order chi connectivity index (χ0) is 17.0. The van der Waals surface area contributed by atoms with Gasteiger partial charge in [-0.15, -0.1) is 12.4 Å². The molecule has 5 nitrogen and oxygen atoms in total. The average molecular weight is 366 g/mol. The van der Waals surface area contributed by atoms with E-state index in [-0.39, 0.29) is 24.2 Å². The van der Waals surface area contributed by atoms with Gasteiger partial charge in [0.1, 0.15) is 0 Å². The summed E-state index contributed by atoms with van der Waals surface area (Å²) in [5.74, 6) is 0.126. The highest BCUT2D eigenvalue weighted by molar-refractivity contribution is 5.94. The van der Waals surface area contributed by atoms with E-state index >= 15 is 0 Å². The fourth-order valence-electron chi connectivity index (χ4n) is 3.80. The van der Waals surface area contributed by atoms with E-state index in [1.807, 2.05) is 40.1 Å². The highest BCUT2D eigenvalue weighted by Crippen LogP contribution is 2.28. The van der Waals surface area contributed by atoms with Crippen molar-refractivity contribution in [2.24, 2.45) is 5.73 Å². The summed E-state index contributed by atoms with van der Waals surface area (Å²) in [6.45, 7) is 2.54. The molecule has 2 aliphatic rings. The first-order valence-corrected chi connectivity index (χ1v) is 9.03. The van der Waals surface area contributed by atoms with Crippen molar-refractivity contribution in [3.63, 3.8) is 0 Å². The molecule has 0 bridgehead atoms. The fourth-order valence-corrected chi connectivity index (χ4v) is 3.80. The number of halogens is 1. The molecule has 25 heavy (non-hydrogen) atoms. The molecule has 2 N–H and O–H groups in total. The van der Waals surface area contributed by atoms with Crippen molar-refractivity contribution in [1.82, 2.24) is 9.80 Å². The van der Waals surface area contributed by atoms with E-state index in [0.29, 0.717) is 31.7 Å². The van der Waals surface area contributed by atoms with Gasteiger partial charge in [0.2, 0.25) is 5.91 Å². The van der Waals surface area contributed by atoms with Crippen molar-refractivity contribution in [3.05, 3.63) is 35.9 Å². The molecule has 1 heterocycles. The maximum atomic E-state index is 12.9. The van der Waals surface area contributed by atoms with Gasteiger partial charge < -0.3 is 15.5 Å². The lowest BCUT2D eigenvalue weighted by molar-refractivity contribution is -0.138. The van der Waals surface area contributed by atoms with Crippen LogP contribution >= 0.6 is 12.4 Å². The van der Waals surface area contributed by atoms with Gasteiger partial charge in [0, 0.05) is 31.7 Å². The normalized spacial score (nSPS) is 20.4. The number of hydrogen-bond donors (Lipinski definition) is 1. The van der Waals surface area contributed by atoms with Crippen molar-refractivity contribution < 1.29 is 9.59 Å². The third-order valence-corrected chi connectivity index (χ3v) is 5.26. The van der Waals surface area contributed by atoms with Crippen LogP contribution < -0.4 is 5.73 Å². The molecule has 1 aromatic rings. The molecule has 1 aromatic carbocycles. The molecule has 0 aromatic heterocycles. The molecule has 2 fully saturated rings. The van der Waals surface area contributed by atoms with E-state index in [9.17, 15) is 9.59 Å². The van der Waals surface area contributed by atoms with Crippen molar-refractivity contribution in [1.29, 1.82) is 0 Å². The number of carbonyl (C=O) groups excluding carboxylic acids is 2. The van der Waals surface area contributed by atoms with E-state index in [1.54, 1.807) is 0 Å². The number of carbonyl (C=O) groups is 2. The predicted molar refractivity (Wildman–Crippen MR) is 101 cm³/mol. The quantitative estimate of drug-likeness (QED) is 0.875. The molecule has 1 saturated heterocycles. The molecular weight excluding hydrogens is 338 g/mol. The van der Waals surface area contributed by atoms with E-state index in [2.05, 4.69) is 0 Å². The van der Waals surface area contributed by atoms with Gasteiger partial charge in [0.25, 0.3) is 5.91 Å². The highest BCUT2D eigenvalue weighted by atomic mass is 35.5. The molecule has 0 radical (unpaired) electrons. The lowest BCUT2D eigenvalue weighted by Gasteiger charge is -2.36. The molecule has 138 valence electrons. The summed E-state index contributed by atoms with van der Waals surface area (Å²) in [4.78, 5) is 29.2. The molecule has 1 aliphatic heterocycles. The lowest BCUT2D eigenvalue weighted by atomic mass is 9.81. The third-order valence-electron chi connectivity index (χ3n) is 5.26. The maximum absolute atomic E-state index is 12.9. The first-order valence-electron chi connectivity index (χ1n) is 9.03. The first-order chi connectivity index (χ1) is 11.6. The van der Waals surface area contributed by atoms with Crippen molar-refractivity contribution in [3.8, 4) is 0 Å². The van der Waals surface area contributed by atoms with Crippen molar-refractivity contribution >= 4 is 24.2 Å². The fraction of sp³-hybridized carbons (Fsp3) is 0.579. The Kier molecular flexibility index (Phi) is 6.85. The summed E-state index contributed by atoms with van der Waals surface area (Å²) >= 11 is 0. The summed E-state index contributed by atoms with van der Waals surface area (Å²) < 4.78 is 0. The van der Waals surface area contributed by atoms with Crippen molar-refractivity contribution in [2.45, 2.75) is 44.1 Å². The minimum atomic E-state index is -0.684. The second-order valence-electron chi connectivity index (χ2n) is 7.02. The zero-order valence-corrected chi connectivity index (χ0v) is 15.5. The average Bonchev–Trinajstić information content (AvgIpc) is 2.88. The number of benzene rings is 1. The van der Waals surface area contributed by atoms with Gasteiger partial charge in [-0.1, -0.05) is 37.5 Å². The minimum absolute atomic E-state index is 0. The zero-order valence-electron chi connectivity index (χ0n) is 14.7. The number of nitrogens with two attached hydrogens (primary N) is 1. The Hall–Kier alpha value is -1.59. The summed E-state index contributed by atoms with van der Waals surface area (Å²) in [7, 11) is 0. The number of amides is 2. The van der Waals surface area contributed by atoms with Gasteiger partial charge in [0.05, 0.1) is 5.54 Å². The van der Waals surface area contributed by atoms with Crippen LogP contribution in [-0.4, -0.2) is 53.3 Å². The van der Waals surface area contributed by atoms with Gasteiger partial charge >= 0.3 is 0 Å². The Morgan fingerprint density at radius 3 is 2.12 bits per heavy atom. The van der Waals surface area contributed by atoms with Gasteiger partial charge in [-0.05, 0) is 31.4 Å². The molecule has 1 saturated carbocycles. The van der Waals surface area contributed by atoms with Crippen LogP contribution in [0.1, 0.15) is 48.9 Å². The maximum Gasteiger partial charge on any atom is 0.253 e. The summed E-state index contributed by atoms with van der Waals surface area (Å²) in [6.07, 6.45) is 5.62. The Bertz CT molecular complexity index is 588. The van der Waals surface area contributed by atoms with E-state index in [1.165, 1.54) is 6.42 Å². The smallest absolute Gasteiger partial charge is 0.253 e. The second-order valence-corrected chi connectivity index (χ2v) is 7.02. The van der Waals surface area contributed by atoms with Crippen LogP contribution in [0.2, 0.25) is 0 Å². The molecule has 1 aliphatic carbocycles. The second kappa shape index (κ2) is 8.68. The third kappa shape index (κ3) is 4.53. The first kappa shape index (κ1) is 19.7. The summed E-state index contributed by atoms with van der Waals surface area (Å²) in [6, 6.07) is 9.34. The van der Waals surface area contributed by atoms with Crippen LogP contribution in [0.25, 0.3) is 0 Å². The van der Waals surface area contributed by atoms with Gasteiger partial charge in [-0.25, -0.2) is 0 Å². The molecule has 2 amide bonds. The molecule has 0 unspecified atom stereocenters. The Balaban J connectivity index is 0.00000225. The molecule has 6 heteroatoms. The Labute approximate surface area is 155 Å². The van der Waals surface area contributed by atoms with Crippen LogP contribution in [0.15, 0.2) is 30.3 Å². The van der Waals surface area contributed by atoms with Crippen LogP contribution in [-0.2, 0) is 4.79 Å². The molecule has 0 atom stereocenters. The monoisotopic (exact) mass is 365 g/mol. The van der Waals surface area contributed by atoms with Gasteiger partial charge in [0.15, 0.2) is 0 Å². The van der Waals surface area contributed by atoms with Gasteiger partial charge in [-0.2, -0.15) is 0 Å². The predicted octanol–water partition coefficient (Wildman–Crippen LogP) is 2.44. The van der Waals surface area contributed by atoms with Crippen LogP contribution in [0.4, 0.5) is 0 Å². The highest BCUT2D eigenvalue weighted by Gasteiger charge is 2.38. The van der Waals surface area contributed by atoms with Crippen molar-refractivity contribution in [2.75, 3.05) is 26.2 Å². The van der Waals surface area contributed by atoms with E-state index in [0.717, 1.165) is 32.1 Å². The topological polar surface area (TPSA) is 66.6 Å². The van der Waals surface area contributed by atoms with Crippen LogP contribution in [0.5, 0.6) is 0 Å². The summed E-state index contributed by atoms with van der Waals surface area (Å²) in [5.41, 5.74) is 6.42. The number of rotatable bonds is 2. The largest absolute Gasteiger partial charge is 0.339 e. The van der Waals surface area contributed by atoms with Crippen LogP contribution in [0.3, 0.4) is 0 Å². The molecule has 0 spiro atoms. The van der Waals surface area contributed by atoms with Gasteiger partial charge in [-0.3, -0.25) is 9.59 Å². The Morgan fingerprint density at radius 2 is 1.44 bits per heavy atom. The Morgan fingerprint density at radius 1 is 0.840 bits per heavy atom. The number of hydrogen-bond acceptors (Lipinski definition) is 3. The van der Waals surface area contributed by atoms with E-state index < -0.39 is 5.54 Å². The lowest BCUT2D eigenvalue weighted by Crippen LogP contribution is -2.56. The molecule has 3 rings (SSSR count). The summed E-state index contributed by atoms with van der Waals surface area (Å²) in [5, 5.41) is 0. The van der Waals surface area contributed by atoms with E-state index in [4.69, 9.17) is 5.73 Å². The molecular formula is C19H28ClN3O2.